The Hall–Kier alpha value is -2.05. The van der Waals surface area contributed by atoms with Crippen molar-refractivity contribution in [2.75, 3.05) is 105 Å². The molecule has 0 radical (unpaired) electrons. The number of rotatable bonds is 27. The Morgan fingerprint density at radius 3 is 1.68 bits per heavy atom. The third kappa shape index (κ3) is 23.2. The first kappa shape index (κ1) is 37.0. The zero-order valence-electron chi connectivity index (χ0n) is 25.3. The van der Waals surface area contributed by atoms with E-state index in [-0.39, 0.29) is 12.5 Å². The van der Waals surface area contributed by atoms with Crippen LogP contribution in [0.1, 0.15) is 57.8 Å². The molecule has 238 valence electrons. The van der Waals surface area contributed by atoms with Gasteiger partial charge in [0.15, 0.2) is 0 Å². The van der Waals surface area contributed by atoms with Crippen molar-refractivity contribution in [1.29, 1.82) is 0 Å². The van der Waals surface area contributed by atoms with Gasteiger partial charge in [-0.1, -0.05) is 38.2 Å². The normalized spacial score (nSPS) is 14.7. The molecule has 0 atom stereocenters. The van der Waals surface area contributed by atoms with E-state index in [0.717, 1.165) is 58.3 Å². The second-order valence-electron chi connectivity index (χ2n) is 10.3. The van der Waals surface area contributed by atoms with Crippen molar-refractivity contribution in [3.05, 3.63) is 12.7 Å². The Balaban J connectivity index is 1.85. The highest BCUT2D eigenvalue weighted by Crippen LogP contribution is 2.08. The smallest absolute Gasteiger partial charge is 0.246 e. The largest absolute Gasteiger partial charge is 0.379 e. The Morgan fingerprint density at radius 1 is 0.634 bits per heavy atom. The Morgan fingerprint density at radius 2 is 1.12 bits per heavy atom. The molecule has 0 saturated carbocycles. The van der Waals surface area contributed by atoms with E-state index in [1.807, 2.05) is 6.08 Å². The summed E-state index contributed by atoms with van der Waals surface area (Å²) in [6, 6.07) is 0. The summed E-state index contributed by atoms with van der Waals surface area (Å²) in [6.45, 7) is 12.7. The van der Waals surface area contributed by atoms with Crippen molar-refractivity contribution in [2.24, 2.45) is 0 Å². The highest BCUT2D eigenvalue weighted by atomic mass is 16.6. The molecule has 11 nitrogen and oxygen atoms in total. The van der Waals surface area contributed by atoms with E-state index in [1.54, 1.807) is 9.80 Å². The molecule has 0 bridgehead atoms. The van der Waals surface area contributed by atoms with Crippen LogP contribution in [0.2, 0.25) is 0 Å². The maximum atomic E-state index is 12.0. The fourth-order valence-corrected chi connectivity index (χ4v) is 4.35. The van der Waals surface area contributed by atoms with Crippen LogP contribution in [0.5, 0.6) is 0 Å². The van der Waals surface area contributed by atoms with Crippen LogP contribution < -0.4 is 5.32 Å². The minimum Gasteiger partial charge on any atom is -0.379 e. The van der Waals surface area contributed by atoms with E-state index in [4.69, 9.17) is 18.9 Å². The lowest BCUT2D eigenvalue weighted by molar-refractivity contribution is -0.126. The van der Waals surface area contributed by atoms with E-state index in [9.17, 15) is 14.4 Å². The molecule has 0 spiro atoms. The van der Waals surface area contributed by atoms with E-state index in [2.05, 4.69) is 16.8 Å². The molecule has 1 fully saturated rings. The quantitative estimate of drug-likeness (QED) is 0.0888. The summed E-state index contributed by atoms with van der Waals surface area (Å²) in [5.74, 6) is -0.156. The number of hydrogen-bond donors (Lipinski definition) is 1. The van der Waals surface area contributed by atoms with Crippen molar-refractivity contribution in [2.45, 2.75) is 57.8 Å². The minimum absolute atomic E-state index is 0.000758. The van der Waals surface area contributed by atoms with Crippen molar-refractivity contribution in [3.63, 3.8) is 0 Å². The molecule has 0 unspecified atom stereocenters. The van der Waals surface area contributed by atoms with Gasteiger partial charge < -0.3 is 34.1 Å². The van der Waals surface area contributed by atoms with Gasteiger partial charge in [0.1, 0.15) is 6.61 Å². The molecule has 41 heavy (non-hydrogen) atoms. The molecule has 1 aliphatic heterocycles. The highest BCUT2D eigenvalue weighted by Gasteiger charge is 2.14. The molecule has 1 aliphatic rings. The number of nitrogens with one attached hydrogen (secondary N) is 1. The first-order valence-corrected chi connectivity index (χ1v) is 15.5. The number of carbonyl (C=O) groups is 3. The summed E-state index contributed by atoms with van der Waals surface area (Å²) in [4.78, 5) is 39.9. The van der Waals surface area contributed by atoms with E-state index >= 15 is 0 Å². The first-order chi connectivity index (χ1) is 20.2. The highest BCUT2D eigenvalue weighted by molar-refractivity contribution is 5.77. The number of hydrogen-bond acceptors (Lipinski definition) is 8. The van der Waals surface area contributed by atoms with Gasteiger partial charge in [-0.25, -0.2) is 0 Å². The van der Waals surface area contributed by atoms with Gasteiger partial charge in [0.25, 0.3) is 0 Å². The molecule has 1 saturated heterocycles. The van der Waals surface area contributed by atoms with Crippen molar-refractivity contribution in [1.82, 2.24) is 20.0 Å². The summed E-state index contributed by atoms with van der Waals surface area (Å²) >= 11 is 0. The third-order valence-corrected chi connectivity index (χ3v) is 6.90. The van der Waals surface area contributed by atoms with Gasteiger partial charge in [-0.3, -0.25) is 19.3 Å². The van der Waals surface area contributed by atoms with Gasteiger partial charge in [-0.2, -0.15) is 0 Å². The van der Waals surface area contributed by atoms with Gasteiger partial charge in [-0.15, -0.1) is 6.58 Å². The zero-order valence-corrected chi connectivity index (χ0v) is 25.3. The van der Waals surface area contributed by atoms with Gasteiger partial charge in [0, 0.05) is 52.4 Å². The minimum atomic E-state index is -0.156. The summed E-state index contributed by atoms with van der Waals surface area (Å²) < 4.78 is 22.0. The second-order valence-corrected chi connectivity index (χ2v) is 10.3. The fraction of sp³-hybridized carbons (Fsp3) is 0.833. The molecular formula is C30H56N4O7. The van der Waals surface area contributed by atoms with Crippen LogP contribution in [-0.4, -0.2) is 139 Å². The van der Waals surface area contributed by atoms with Gasteiger partial charge in [0.2, 0.25) is 18.7 Å². The number of unbranched alkanes of at least 4 members (excludes halogenated alkanes) is 7. The van der Waals surface area contributed by atoms with E-state index < -0.39 is 0 Å². The van der Waals surface area contributed by atoms with Crippen molar-refractivity contribution < 1.29 is 33.3 Å². The average Bonchev–Trinajstić information content (AvgIpc) is 3.08. The topological polar surface area (TPSA) is 110 Å². The summed E-state index contributed by atoms with van der Waals surface area (Å²) in [6.07, 6.45) is 14.4. The van der Waals surface area contributed by atoms with Crippen LogP contribution in [0, 0.1) is 0 Å². The molecule has 1 rings (SSSR count). The van der Waals surface area contributed by atoms with E-state index in [0.29, 0.717) is 72.4 Å². The molecule has 0 aliphatic carbocycles. The lowest BCUT2D eigenvalue weighted by Gasteiger charge is -2.24. The van der Waals surface area contributed by atoms with Crippen LogP contribution >= 0.6 is 0 Å². The van der Waals surface area contributed by atoms with Crippen LogP contribution in [-0.2, 0) is 33.3 Å². The standard InChI is InChI=1S/C30H56N4O7/c1-2-3-4-5-6-7-8-9-10-20-38-21-22-39-23-24-40-25-26-41-27-30(37)31-12-11-13-32-14-16-33(28-35)18-19-34(29-36)17-15-32/h2,28-29H,1,3-27H2,(H,31,37). The number of ether oxygens (including phenoxy) is 4. The number of allylic oxidation sites excluding steroid dienone is 1. The van der Waals surface area contributed by atoms with Crippen LogP contribution in [0.15, 0.2) is 12.7 Å². The van der Waals surface area contributed by atoms with Gasteiger partial charge in [0.05, 0.1) is 39.6 Å². The number of nitrogens with zero attached hydrogens (tertiary/aromatic N) is 3. The molecule has 0 aromatic carbocycles. The van der Waals surface area contributed by atoms with Crippen molar-refractivity contribution in [3.8, 4) is 0 Å². The van der Waals surface area contributed by atoms with Gasteiger partial charge in [-0.05, 0) is 32.2 Å². The summed E-state index contributed by atoms with van der Waals surface area (Å²) in [5.41, 5.74) is 0. The monoisotopic (exact) mass is 584 g/mol. The SMILES string of the molecule is C=CCCCCCCCCCOCCOCCOCCOCC(=O)NCCCN1CCN(C=O)CCN(C=O)CC1. The average molecular weight is 585 g/mol. The van der Waals surface area contributed by atoms with Crippen LogP contribution in [0.25, 0.3) is 0 Å². The predicted octanol–water partition coefficient (Wildman–Crippen LogP) is 2.10. The Labute approximate surface area is 247 Å². The fourth-order valence-electron chi connectivity index (χ4n) is 4.35. The molecule has 1 heterocycles. The number of carbonyl (C=O) groups excluding carboxylic acids is 3. The second kappa shape index (κ2) is 28.1. The van der Waals surface area contributed by atoms with Crippen LogP contribution in [0.4, 0.5) is 0 Å². The Bertz CT molecular complexity index is 636. The molecular weight excluding hydrogens is 528 g/mol. The van der Waals surface area contributed by atoms with E-state index in [1.165, 1.54) is 38.5 Å². The lowest BCUT2D eigenvalue weighted by Crippen LogP contribution is -2.38. The third-order valence-electron chi connectivity index (χ3n) is 6.90. The molecule has 1 N–H and O–H groups in total. The first-order valence-electron chi connectivity index (χ1n) is 15.5. The molecule has 3 amide bonds. The molecule has 0 aromatic heterocycles. The molecule has 0 aromatic rings. The lowest BCUT2D eigenvalue weighted by atomic mass is 10.1. The molecule has 11 heteroatoms. The Kier molecular flexibility index (Phi) is 25.3. The summed E-state index contributed by atoms with van der Waals surface area (Å²) in [5, 5.41) is 2.86. The van der Waals surface area contributed by atoms with Crippen molar-refractivity contribution >= 4 is 18.7 Å². The van der Waals surface area contributed by atoms with Gasteiger partial charge >= 0.3 is 0 Å². The predicted molar refractivity (Wildman–Crippen MR) is 160 cm³/mol. The number of amides is 3. The maximum absolute atomic E-state index is 12.0. The summed E-state index contributed by atoms with van der Waals surface area (Å²) in [7, 11) is 0. The van der Waals surface area contributed by atoms with Crippen LogP contribution in [0.3, 0.4) is 0 Å². The zero-order chi connectivity index (χ0) is 29.6. The maximum Gasteiger partial charge on any atom is 0.246 e.